The molecule has 0 radical (unpaired) electrons. The van der Waals surface area contributed by atoms with Crippen LogP contribution in [-0.4, -0.2) is 23.5 Å². The lowest BCUT2D eigenvalue weighted by Gasteiger charge is -2.22. The zero-order valence-electron chi connectivity index (χ0n) is 61.1. The van der Waals surface area contributed by atoms with Crippen LogP contribution in [-0.2, 0) is 14.3 Å². The Morgan fingerprint density at radius 3 is 1.32 bits per heavy atom. The van der Waals surface area contributed by atoms with Gasteiger partial charge in [-0.3, -0.25) is 14.6 Å². The van der Waals surface area contributed by atoms with Crippen molar-refractivity contribution in [3.05, 3.63) is 144 Å². The molecule has 0 atom stereocenters. The van der Waals surface area contributed by atoms with Gasteiger partial charge in [0.2, 0.25) is 5.91 Å². The van der Waals surface area contributed by atoms with E-state index >= 15 is 0 Å². The van der Waals surface area contributed by atoms with Crippen LogP contribution in [0.25, 0.3) is 0 Å². The third-order valence-electron chi connectivity index (χ3n) is 14.1. The number of pyridine rings is 1. The molecule has 5 rings (SSSR count). The van der Waals surface area contributed by atoms with E-state index in [4.69, 9.17) is 4.74 Å². The molecule has 5 nitrogen and oxygen atoms in total. The predicted molar refractivity (Wildman–Crippen MR) is 380 cm³/mol. The highest BCUT2D eigenvalue weighted by Gasteiger charge is 2.16. The maximum atomic E-state index is 12.4. The highest BCUT2D eigenvalue weighted by Crippen LogP contribution is 2.30. The van der Waals surface area contributed by atoms with Crippen LogP contribution >= 0.6 is 0 Å². The van der Waals surface area contributed by atoms with E-state index in [2.05, 4.69) is 234 Å². The van der Waals surface area contributed by atoms with Crippen molar-refractivity contribution in [3.63, 3.8) is 0 Å². The van der Waals surface area contributed by atoms with Crippen molar-refractivity contribution >= 4 is 17.6 Å². The molecular weight excluding hydrogens is 1040 g/mol. The largest absolute Gasteiger partial charge is 0.466 e. The lowest BCUT2D eigenvalue weighted by atomic mass is 9.84. The summed E-state index contributed by atoms with van der Waals surface area (Å²) in [5.74, 6) is 7.79. The Morgan fingerprint density at radius 2 is 1.01 bits per heavy atom. The Kier molecular flexibility index (Phi) is 56.3. The summed E-state index contributed by atoms with van der Waals surface area (Å²) >= 11 is 0. The van der Waals surface area contributed by atoms with E-state index in [1.165, 1.54) is 74.3 Å². The number of carbonyl (C=O) groups excluding carboxylic acids is 2. The second-order valence-electron chi connectivity index (χ2n) is 28.7. The lowest BCUT2D eigenvalue weighted by molar-refractivity contribution is -0.143. The molecule has 4 aromatic rings. The van der Waals surface area contributed by atoms with Gasteiger partial charge in [0.25, 0.3) is 0 Å². The summed E-state index contributed by atoms with van der Waals surface area (Å²) in [6, 6.07) is 31.1. The summed E-state index contributed by atoms with van der Waals surface area (Å²) in [7, 11) is 0. The predicted octanol–water partition coefficient (Wildman–Crippen LogP) is 25.6. The maximum Gasteiger partial charge on any atom is 0.305 e. The zero-order valence-corrected chi connectivity index (χ0v) is 61.1. The van der Waals surface area contributed by atoms with E-state index in [1.54, 1.807) is 0 Å². The molecule has 6 heteroatoms. The quantitative estimate of drug-likeness (QED) is 0.101. The number of rotatable bonds is 14. The average molecular weight is 1180 g/mol. The number of ether oxygens (including phenoxy) is 1. The highest BCUT2D eigenvalue weighted by atomic mass is 19.1. The van der Waals surface area contributed by atoms with Gasteiger partial charge in [-0.1, -0.05) is 279 Å². The first-order valence-corrected chi connectivity index (χ1v) is 33.1. The van der Waals surface area contributed by atoms with Crippen molar-refractivity contribution in [3.8, 4) is 0 Å². The molecule has 0 unspecified atom stereocenters. The number of nitrogens with zero attached hydrogens (tertiary/aromatic N) is 1. The van der Waals surface area contributed by atoms with Crippen molar-refractivity contribution in [2.75, 3.05) is 11.9 Å². The molecule has 490 valence electrons. The molecule has 1 aliphatic carbocycles. The number of anilines is 1. The molecule has 1 heterocycles. The Labute approximate surface area is 529 Å². The molecule has 1 aliphatic rings. The summed E-state index contributed by atoms with van der Waals surface area (Å²) in [4.78, 5) is 25.7. The summed E-state index contributed by atoms with van der Waals surface area (Å²) in [6.07, 6.45) is 15.2. The number of hydrogen-bond donors (Lipinski definition) is 1. The van der Waals surface area contributed by atoms with Crippen LogP contribution in [0.15, 0.2) is 116 Å². The number of hydrogen-bond acceptors (Lipinski definition) is 4. The fourth-order valence-corrected chi connectivity index (χ4v) is 6.59. The first-order valence-electron chi connectivity index (χ1n) is 33.1. The van der Waals surface area contributed by atoms with E-state index in [9.17, 15) is 14.0 Å². The second-order valence-corrected chi connectivity index (χ2v) is 28.7. The molecule has 1 N–H and O–H groups in total. The smallest absolute Gasteiger partial charge is 0.305 e. The van der Waals surface area contributed by atoms with Gasteiger partial charge < -0.3 is 10.1 Å². The summed E-state index contributed by atoms with van der Waals surface area (Å²) in [5, 5.41) is 2.76. The fourth-order valence-electron chi connectivity index (χ4n) is 6.59. The highest BCUT2D eigenvalue weighted by molar-refractivity contribution is 5.88. The zero-order chi connectivity index (χ0) is 66.9. The van der Waals surface area contributed by atoms with Crippen LogP contribution in [0.1, 0.15) is 305 Å². The third kappa shape index (κ3) is 63.7. The van der Waals surface area contributed by atoms with Crippen molar-refractivity contribution in [1.82, 2.24) is 4.98 Å². The first-order chi connectivity index (χ1) is 39.2. The molecule has 1 fully saturated rings. The molecule has 0 bridgehead atoms. The molecule has 1 saturated carbocycles. The lowest BCUT2D eigenvalue weighted by Crippen LogP contribution is -2.12. The molecule has 0 spiro atoms. The molecule has 1 amide bonds. The number of carbonyl (C=O) groups is 2. The van der Waals surface area contributed by atoms with Gasteiger partial charge in [-0.15, -0.1) is 6.58 Å². The minimum Gasteiger partial charge on any atom is -0.466 e. The van der Waals surface area contributed by atoms with E-state index in [0.29, 0.717) is 53.4 Å². The number of nitrogens with one attached hydrogen (secondary N) is 1. The molecule has 3 aromatic carbocycles. The van der Waals surface area contributed by atoms with Crippen molar-refractivity contribution in [2.24, 2.45) is 52.3 Å². The number of aromatic nitrogens is 1. The van der Waals surface area contributed by atoms with Gasteiger partial charge in [-0.2, -0.15) is 0 Å². The van der Waals surface area contributed by atoms with E-state index in [-0.39, 0.29) is 17.7 Å². The van der Waals surface area contributed by atoms with Crippen LogP contribution < -0.4 is 5.32 Å². The molecular formula is C79H139FN2O3. The Morgan fingerprint density at radius 1 is 0.588 bits per heavy atom. The SMILES string of the molecule is C=CCCC(C)C.CC(=O)Nc1cccc(C(C)C)c1.CC(C)C.CC(C)C(C)(C)C.CC(C)C(C)(C)C.CC(C)CC1CCCC1.CC(C)c1ccc(F)cc1.CC(C)c1ccccc1.CC(C)c1ccccn1.CCOC(=O)CCC(C)C. The minimum atomic E-state index is -0.163. The van der Waals surface area contributed by atoms with Crippen molar-refractivity contribution < 1.29 is 18.7 Å². The van der Waals surface area contributed by atoms with Gasteiger partial charge in [-0.05, 0) is 162 Å². The van der Waals surface area contributed by atoms with Crippen LogP contribution in [0.2, 0.25) is 0 Å². The van der Waals surface area contributed by atoms with Gasteiger partial charge in [0, 0.05) is 30.9 Å². The molecule has 1 aromatic heterocycles. The van der Waals surface area contributed by atoms with Gasteiger partial charge in [0.15, 0.2) is 0 Å². The molecule has 0 aliphatic heterocycles. The normalized spacial score (nSPS) is 11.7. The number of amides is 1. The second kappa shape index (κ2) is 53.6. The van der Waals surface area contributed by atoms with Crippen molar-refractivity contribution in [2.45, 2.75) is 282 Å². The van der Waals surface area contributed by atoms with Gasteiger partial charge >= 0.3 is 5.97 Å². The van der Waals surface area contributed by atoms with E-state index < -0.39 is 0 Å². The summed E-state index contributed by atoms with van der Waals surface area (Å²) in [5.41, 5.74) is 6.88. The van der Waals surface area contributed by atoms with E-state index in [1.807, 2.05) is 73.8 Å². The van der Waals surface area contributed by atoms with Crippen LogP contribution in [0.5, 0.6) is 0 Å². The number of benzene rings is 3. The average Bonchev–Trinajstić information content (AvgIpc) is 3.97. The number of allylic oxidation sites excluding steroid dienone is 1. The number of halogens is 1. The standard InChI is InChI=1S/C11H15NO.C9H11F.C9H18.C9H12.C8H11N.C8H16O2.2C7H16.C7H14.C4H10/c1-8(2)10-5-4-6-11(7-10)12-9(3)13;1-7(2)8-3-5-9(10)6-4-8;1-8(2)7-9-5-3-4-6-9;1-8(2)9-6-4-3-5-7-9;1-7(2)8-5-3-4-6-9-8;1-4-10-8(9)6-5-7(2)3;2*1-6(2)7(3,4)5;1-4-5-6-7(2)3;1-4(2)3/h4-8H,1-3H3,(H,12,13);3-7H,1-2H3;8-9H,3-7H2,1-2H3;3-8H,1-2H3;3-7H,1-2H3;7H,4-6H2,1-3H3;2*6H,1-5H3;4,7H,1,5-6H2,2-3H3;4H,1-3H3. The van der Waals surface area contributed by atoms with Gasteiger partial charge in [0.05, 0.1) is 6.61 Å². The van der Waals surface area contributed by atoms with Crippen molar-refractivity contribution in [1.29, 1.82) is 0 Å². The first kappa shape index (κ1) is 89.2. The van der Waals surface area contributed by atoms with E-state index in [0.717, 1.165) is 59.7 Å². The summed E-state index contributed by atoms with van der Waals surface area (Å²) in [6.45, 7) is 67.0. The topological polar surface area (TPSA) is 68.3 Å². The van der Waals surface area contributed by atoms with Crippen LogP contribution in [0.3, 0.4) is 0 Å². The Bertz CT molecular complexity index is 2030. The Balaban J connectivity index is -0.000000282. The molecule has 85 heavy (non-hydrogen) atoms. The number of esters is 1. The molecule has 0 saturated heterocycles. The maximum absolute atomic E-state index is 12.4. The van der Waals surface area contributed by atoms with Crippen LogP contribution in [0, 0.1) is 58.1 Å². The third-order valence-corrected chi connectivity index (χ3v) is 14.1. The van der Waals surface area contributed by atoms with Crippen LogP contribution in [0.4, 0.5) is 10.1 Å². The Hall–Kier alpha value is -4.58. The van der Waals surface area contributed by atoms with Gasteiger partial charge in [-0.25, -0.2) is 4.39 Å². The summed E-state index contributed by atoms with van der Waals surface area (Å²) < 4.78 is 17.1. The minimum absolute atomic E-state index is 0.0269. The fraction of sp³-hybridized carbons (Fsp3) is 0.658. The van der Waals surface area contributed by atoms with Gasteiger partial charge in [0.1, 0.15) is 5.82 Å². The monoisotopic (exact) mass is 1180 g/mol.